The zero-order valence-electron chi connectivity index (χ0n) is 19.8. The van der Waals surface area contributed by atoms with Crippen LogP contribution in [0, 0.1) is 0 Å². The van der Waals surface area contributed by atoms with E-state index in [0.717, 1.165) is 0 Å². The number of pyridine rings is 2. The molecule has 0 fully saturated rings. The first-order valence-corrected chi connectivity index (χ1v) is 11.5. The lowest BCUT2D eigenvalue weighted by atomic mass is 10.2. The van der Waals surface area contributed by atoms with Crippen LogP contribution in [0.3, 0.4) is 0 Å². The molecule has 0 bridgehead atoms. The SMILES string of the molecule is NCCOCCOCCNC(=O)CCCC(=O)Nc1ccc(-c2nnc(-c3ccccn3)nn2)nc1. The Morgan fingerprint density at radius 1 is 0.806 bits per heavy atom. The van der Waals surface area contributed by atoms with Gasteiger partial charge < -0.3 is 25.8 Å². The van der Waals surface area contributed by atoms with Gasteiger partial charge in [-0.3, -0.25) is 19.6 Å². The van der Waals surface area contributed by atoms with Crippen LogP contribution >= 0.6 is 0 Å². The van der Waals surface area contributed by atoms with Gasteiger partial charge in [0.25, 0.3) is 0 Å². The van der Waals surface area contributed by atoms with Crippen molar-refractivity contribution in [1.82, 2.24) is 35.7 Å². The highest BCUT2D eigenvalue weighted by Crippen LogP contribution is 2.15. The van der Waals surface area contributed by atoms with Crippen LogP contribution in [0.1, 0.15) is 19.3 Å². The molecule has 0 atom stereocenters. The van der Waals surface area contributed by atoms with Gasteiger partial charge in [0.1, 0.15) is 11.4 Å². The molecule has 3 aromatic rings. The second kappa shape index (κ2) is 15.1. The third kappa shape index (κ3) is 9.37. The number of carbonyl (C=O) groups excluding carboxylic acids is 2. The van der Waals surface area contributed by atoms with E-state index in [1.54, 1.807) is 30.5 Å². The van der Waals surface area contributed by atoms with E-state index in [1.165, 1.54) is 6.20 Å². The van der Waals surface area contributed by atoms with E-state index in [0.29, 0.717) is 68.8 Å². The molecule has 13 nitrogen and oxygen atoms in total. The maximum absolute atomic E-state index is 12.2. The monoisotopic (exact) mass is 495 g/mol. The molecule has 0 aromatic carbocycles. The molecule has 4 N–H and O–H groups in total. The summed E-state index contributed by atoms with van der Waals surface area (Å²) in [7, 11) is 0. The molecule has 36 heavy (non-hydrogen) atoms. The van der Waals surface area contributed by atoms with Crippen molar-refractivity contribution in [1.29, 1.82) is 0 Å². The lowest BCUT2D eigenvalue weighted by molar-refractivity contribution is -0.121. The minimum absolute atomic E-state index is 0.131. The lowest BCUT2D eigenvalue weighted by Crippen LogP contribution is -2.27. The molecule has 0 aliphatic rings. The molecule has 0 radical (unpaired) electrons. The maximum Gasteiger partial charge on any atom is 0.224 e. The summed E-state index contributed by atoms with van der Waals surface area (Å²) < 4.78 is 10.5. The summed E-state index contributed by atoms with van der Waals surface area (Å²) in [6.45, 7) is 2.70. The zero-order valence-corrected chi connectivity index (χ0v) is 19.8. The Morgan fingerprint density at radius 2 is 1.50 bits per heavy atom. The summed E-state index contributed by atoms with van der Waals surface area (Å²) in [5.41, 5.74) is 6.87. The third-order valence-corrected chi connectivity index (χ3v) is 4.66. The van der Waals surface area contributed by atoms with Gasteiger partial charge in [-0.1, -0.05) is 6.07 Å². The number of hydrogen-bond acceptors (Lipinski definition) is 11. The first-order valence-electron chi connectivity index (χ1n) is 11.5. The average Bonchev–Trinajstić information content (AvgIpc) is 2.91. The van der Waals surface area contributed by atoms with E-state index in [1.807, 2.05) is 6.07 Å². The fourth-order valence-corrected chi connectivity index (χ4v) is 2.92. The highest BCUT2D eigenvalue weighted by Gasteiger charge is 2.10. The molecule has 190 valence electrons. The Kier molecular flexibility index (Phi) is 11.2. The van der Waals surface area contributed by atoms with Gasteiger partial charge in [-0.25, -0.2) is 0 Å². The largest absolute Gasteiger partial charge is 0.378 e. The molecule has 13 heteroatoms. The second-order valence-electron chi connectivity index (χ2n) is 7.46. The van der Waals surface area contributed by atoms with E-state index in [9.17, 15) is 9.59 Å². The summed E-state index contributed by atoms with van der Waals surface area (Å²) in [5, 5.41) is 21.7. The smallest absolute Gasteiger partial charge is 0.224 e. The summed E-state index contributed by atoms with van der Waals surface area (Å²) in [5.74, 6) is 0.226. The quantitative estimate of drug-likeness (QED) is 0.251. The normalized spacial score (nSPS) is 10.7. The van der Waals surface area contributed by atoms with E-state index in [4.69, 9.17) is 15.2 Å². The topological polar surface area (TPSA) is 180 Å². The molecule has 3 rings (SSSR count). The predicted molar refractivity (Wildman–Crippen MR) is 130 cm³/mol. The molecule has 3 heterocycles. The van der Waals surface area contributed by atoms with Gasteiger partial charge in [0, 0.05) is 32.1 Å². The van der Waals surface area contributed by atoms with Crippen molar-refractivity contribution < 1.29 is 19.1 Å². The molecule has 0 saturated heterocycles. The molecule has 0 spiro atoms. The van der Waals surface area contributed by atoms with Gasteiger partial charge in [0.2, 0.25) is 23.5 Å². The van der Waals surface area contributed by atoms with Crippen molar-refractivity contribution in [3.63, 3.8) is 0 Å². The summed E-state index contributed by atoms with van der Waals surface area (Å²) in [6, 6.07) is 8.73. The Morgan fingerprint density at radius 3 is 2.14 bits per heavy atom. The number of hydrogen-bond donors (Lipinski definition) is 3. The van der Waals surface area contributed by atoms with Gasteiger partial charge in [-0.2, -0.15) is 0 Å². The van der Waals surface area contributed by atoms with Crippen LogP contribution in [0.4, 0.5) is 5.69 Å². The van der Waals surface area contributed by atoms with Crippen LogP contribution in [-0.2, 0) is 19.1 Å². The van der Waals surface area contributed by atoms with Crippen LogP contribution in [0.15, 0.2) is 42.7 Å². The van der Waals surface area contributed by atoms with Crippen molar-refractivity contribution in [3.05, 3.63) is 42.7 Å². The standard InChI is InChI=1S/C23H29N9O4/c24-9-12-35-14-15-36-13-11-26-20(33)5-3-6-21(34)28-17-7-8-19(27-16-17)23-31-29-22(30-32-23)18-4-1-2-10-25-18/h1-2,4,7-8,10,16H,3,5-6,9,11-15,24H2,(H,26,33)(H,28,34). The van der Waals surface area contributed by atoms with Crippen LogP contribution in [0.2, 0.25) is 0 Å². The van der Waals surface area contributed by atoms with Gasteiger partial charge in [0.15, 0.2) is 0 Å². The Hall–Kier alpha value is -3.94. The first-order chi connectivity index (χ1) is 17.7. The molecule has 0 saturated carbocycles. The molecular weight excluding hydrogens is 466 g/mol. The third-order valence-electron chi connectivity index (χ3n) is 4.66. The van der Waals surface area contributed by atoms with E-state index >= 15 is 0 Å². The number of amides is 2. The van der Waals surface area contributed by atoms with Crippen molar-refractivity contribution >= 4 is 17.5 Å². The van der Waals surface area contributed by atoms with Crippen molar-refractivity contribution in [3.8, 4) is 23.0 Å². The molecule has 0 aliphatic heterocycles. The maximum atomic E-state index is 12.2. The Bertz CT molecular complexity index is 1070. The molecular formula is C23H29N9O4. The summed E-state index contributed by atoms with van der Waals surface area (Å²) >= 11 is 0. The number of anilines is 1. The zero-order chi connectivity index (χ0) is 25.4. The number of nitrogens with one attached hydrogen (secondary N) is 2. The van der Waals surface area contributed by atoms with Crippen molar-refractivity contribution in [2.75, 3.05) is 44.8 Å². The van der Waals surface area contributed by atoms with Gasteiger partial charge in [0.05, 0.1) is 38.3 Å². The summed E-state index contributed by atoms with van der Waals surface area (Å²) in [4.78, 5) is 32.4. The van der Waals surface area contributed by atoms with Crippen LogP contribution < -0.4 is 16.4 Å². The second-order valence-corrected chi connectivity index (χ2v) is 7.46. The highest BCUT2D eigenvalue weighted by atomic mass is 16.5. The summed E-state index contributed by atoms with van der Waals surface area (Å²) in [6.07, 6.45) is 4.01. The van der Waals surface area contributed by atoms with E-state index < -0.39 is 0 Å². The highest BCUT2D eigenvalue weighted by molar-refractivity contribution is 5.91. The number of nitrogens with zero attached hydrogens (tertiary/aromatic N) is 6. The number of aromatic nitrogens is 6. The fourth-order valence-electron chi connectivity index (χ4n) is 2.92. The van der Waals surface area contributed by atoms with Crippen LogP contribution in [-0.4, -0.2) is 81.7 Å². The van der Waals surface area contributed by atoms with Gasteiger partial charge >= 0.3 is 0 Å². The molecule has 3 aromatic heterocycles. The van der Waals surface area contributed by atoms with Crippen molar-refractivity contribution in [2.45, 2.75) is 19.3 Å². The minimum atomic E-state index is -0.211. The van der Waals surface area contributed by atoms with Gasteiger partial charge in [-0.15, -0.1) is 20.4 Å². The Labute approximate surface area is 208 Å². The Balaban J connectivity index is 1.32. The number of rotatable bonds is 15. The van der Waals surface area contributed by atoms with Crippen LogP contribution in [0.5, 0.6) is 0 Å². The van der Waals surface area contributed by atoms with Crippen LogP contribution in [0.25, 0.3) is 23.0 Å². The van der Waals surface area contributed by atoms with Crippen molar-refractivity contribution in [2.24, 2.45) is 5.73 Å². The van der Waals surface area contributed by atoms with Gasteiger partial charge in [-0.05, 0) is 30.7 Å². The molecule has 2 amide bonds. The lowest BCUT2D eigenvalue weighted by Gasteiger charge is -2.07. The first kappa shape index (κ1) is 26.7. The number of carbonyl (C=O) groups is 2. The average molecular weight is 496 g/mol. The fraction of sp³-hybridized carbons (Fsp3) is 0.391. The van der Waals surface area contributed by atoms with E-state index in [2.05, 4.69) is 41.0 Å². The van der Waals surface area contributed by atoms with E-state index in [-0.39, 0.29) is 30.5 Å². The minimum Gasteiger partial charge on any atom is -0.378 e. The number of ether oxygens (including phenoxy) is 2. The number of nitrogens with two attached hydrogens (primary N) is 1. The predicted octanol–water partition coefficient (Wildman–Crippen LogP) is 0.608. The molecule has 0 aliphatic carbocycles. The molecule has 0 unspecified atom stereocenters.